The lowest BCUT2D eigenvalue weighted by molar-refractivity contribution is -0.368. The van der Waals surface area contributed by atoms with Crippen molar-refractivity contribution in [2.75, 3.05) is 11.1 Å². The van der Waals surface area contributed by atoms with E-state index in [0.29, 0.717) is 28.6 Å². The van der Waals surface area contributed by atoms with E-state index < -0.39 is 0 Å². The number of nitrogens with one attached hydrogen (secondary N) is 1. The summed E-state index contributed by atoms with van der Waals surface area (Å²) >= 11 is 7.90. The zero-order valence-corrected chi connectivity index (χ0v) is 19.5. The van der Waals surface area contributed by atoms with Crippen LogP contribution >= 0.6 is 23.4 Å². The summed E-state index contributed by atoms with van der Waals surface area (Å²) < 4.78 is 8.13. The Balaban J connectivity index is 1.51. The fourth-order valence-corrected chi connectivity index (χ4v) is 4.21. The van der Waals surface area contributed by atoms with Crippen LogP contribution in [0.15, 0.2) is 83.4 Å². The average molecular weight is 464 g/mol. The molecule has 1 N–H and O–H groups in total. The number of carbonyl (C=O) groups excluding carboxylic acids is 1. The van der Waals surface area contributed by atoms with Gasteiger partial charge in [0, 0.05) is 27.7 Å². The highest BCUT2D eigenvalue weighted by atomic mass is 35.5. The molecule has 0 unspecified atom stereocenters. The molecule has 0 bridgehead atoms. The Morgan fingerprint density at radius 1 is 1.09 bits per heavy atom. The summed E-state index contributed by atoms with van der Waals surface area (Å²) in [6.07, 6.45) is 4.36. The predicted octanol–water partition coefficient (Wildman–Crippen LogP) is 7.06. The molecule has 6 heteroatoms. The summed E-state index contributed by atoms with van der Waals surface area (Å²) in [5.41, 5.74) is 3.72. The first-order valence-corrected chi connectivity index (χ1v) is 11.8. The van der Waals surface area contributed by atoms with Crippen LogP contribution in [0.4, 0.5) is 11.4 Å². The fraction of sp³-hybridized carbons (Fsp3) is 0.154. The van der Waals surface area contributed by atoms with E-state index >= 15 is 0 Å². The van der Waals surface area contributed by atoms with Crippen molar-refractivity contribution in [1.82, 2.24) is 0 Å². The Hall–Kier alpha value is -3.02. The van der Waals surface area contributed by atoms with Gasteiger partial charge in [-0.05, 0) is 54.6 Å². The van der Waals surface area contributed by atoms with Crippen LogP contribution in [-0.4, -0.2) is 22.5 Å². The summed E-state index contributed by atoms with van der Waals surface area (Å²) in [6, 6.07) is 21.0. The number of allylic oxidation sites excluding steroid dienone is 1. The van der Waals surface area contributed by atoms with E-state index in [9.17, 15) is 4.79 Å². The Morgan fingerprint density at radius 3 is 2.56 bits per heavy atom. The predicted molar refractivity (Wildman–Crippen MR) is 133 cm³/mol. The maximum Gasteiger partial charge on any atom is 0.253 e. The summed E-state index contributed by atoms with van der Waals surface area (Å²) in [6.45, 7) is 4.16. The third-order valence-electron chi connectivity index (χ3n) is 4.83. The van der Waals surface area contributed by atoms with Gasteiger partial charge in [-0.2, -0.15) is 4.58 Å². The van der Waals surface area contributed by atoms with E-state index in [-0.39, 0.29) is 5.91 Å². The van der Waals surface area contributed by atoms with E-state index in [4.69, 9.17) is 16.3 Å². The van der Waals surface area contributed by atoms with Crippen molar-refractivity contribution in [3.63, 3.8) is 0 Å². The fourth-order valence-electron chi connectivity index (χ4n) is 3.37. The highest BCUT2D eigenvalue weighted by molar-refractivity contribution is 7.99. The molecular formula is C26H24ClN2O2S+. The van der Waals surface area contributed by atoms with Gasteiger partial charge in [0.15, 0.2) is 12.4 Å². The summed E-state index contributed by atoms with van der Waals surface area (Å²) in [7, 11) is 0. The van der Waals surface area contributed by atoms with Gasteiger partial charge < -0.3 is 10.1 Å². The molecule has 162 valence electrons. The van der Waals surface area contributed by atoms with Crippen molar-refractivity contribution in [3.05, 3.63) is 89.1 Å². The Morgan fingerprint density at radius 2 is 1.88 bits per heavy atom. The minimum absolute atomic E-state index is 0.0754. The maximum absolute atomic E-state index is 12.6. The van der Waals surface area contributed by atoms with Crippen LogP contribution in [0, 0.1) is 0 Å². The van der Waals surface area contributed by atoms with E-state index in [2.05, 4.69) is 24.4 Å². The van der Waals surface area contributed by atoms with Crippen LogP contribution in [0.25, 0.3) is 0 Å². The van der Waals surface area contributed by atoms with Gasteiger partial charge in [-0.3, -0.25) is 4.79 Å². The molecule has 1 aliphatic heterocycles. The minimum Gasteiger partial charge on any atom is -0.450 e. The number of hydrogen-bond donors (Lipinski definition) is 1. The monoisotopic (exact) mass is 463 g/mol. The lowest BCUT2D eigenvalue weighted by atomic mass is 10.1. The smallest absolute Gasteiger partial charge is 0.253 e. The molecule has 0 spiro atoms. The number of hydrogen-bond acceptors (Lipinski definition) is 3. The number of halogens is 1. The van der Waals surface area contributed by atoms with E-state index in [1.807, 2.05) is 66.4 Å². The lowest BCUT2D eigenvalue weighted by Crippen LogP contribution is -2.15. The molecule has 1 amide bonds. The van der Waals surface area contributed by atoms with Crippen molar-refractivity contribution >= 4 is 46.9 Å². The molecule has 32 heavy (non-hydrogen) atoms. The molecule has 3 aromatic carbocycles. The quantitative estimate of drug-likeness (QED) is 0.287. The second kappa shape index (κ2) is 10.1. The van der Waals surface area contributed by atoms with Crippen molar-refractivity contribution < 1.29 is 14.1 Å². The maximum atomic E-state index is 12.6. The number of ether oxygens (including phenoxy) is 1. The number of rotatable bonds is 8. The highest BCUT2D eigenvalue weighted by Crippen LogP contribution is 2.36. The molecule has 1 heterocycles. The van der Waals surface area contributed by atoms with Gasteiger partial charge in [0.2, 0.25) is 11.7 Å². The van der Waals surface area contributed by atoms with Crippen LogP contribution in [0.5, 0.6) is 11.5 Å². The first-order valence-electron chi connectivity index (χ1n) is 10.4. The number of carbonyl (C=O) groups is 1. The normalized spacial score (nSPS) is 12.5. The molecule has 4 nitrogen and oxygen atoms in total. The summed E-state index contributed by atoms with van der Waals surface area (Å²) in [5, 5.41) is 3.58. The van der Waals surface area contributed by atoms with Crippen LogP contribution in [0.2, 0.25) is 5.02 Å². The van der Waals surface area contributed by atoms with Crippen molar-refractivity contribution in [3.8, 4) is 11.5 Å². The Labute approximate surface area is 197 Å². The first kappa shape index (κ1) is 22.2. The third kappa shape index (κ3) is 5.61. The van der Waals surface area contributed by atoms with Gasteiger partial charge in [-0.15, -0.1) is 11.8 Å². The van der Waals surface area contributed by atoms with Crippen LogP contribution in [0.3, 0.4) is 0 Å². The van der Waals surface area contributed by atoms with Crippen LogP contribution < -0.4 is 10.1 Å². The van der Waals surface area contributed by atoms with Crippen molar-refractivity contribution in [2.45, 2.75) is 25.2 Å². The van der Waals surface area contributed by atoms with E-state index in [0.717, 1.165) is 17.0 Å². The second-order valence-electron chi connectivity index (χ2n) is 7.45. The molecule has 0 radical (unpaired) electrons. The SMILES string of the molecule is CCSc1ccc(CC(=O)Nc2ccc([N+]3=CC(C)=C3)c(Oc3cccc(Cl)c3)c2)cc1. The highest BCUT2D eigenvalue weighted by Gasteiger charge is 2.22. The van der Waals surface area contributed by atoms with Gasteiger partial charge >= 0.3 is 0 Å². The average Bonchev–Trinajstić information content (AvgIpc) is 2.74. The molecule has 0 aliphatic carbocycles. The van der Waals surface area contributed by atoms with Gasteiger partial charge in [0.05, 0.1) is 12.0 Å². The van der Waals surface area contributed by atoms with Crippen molar-refractivity contribution in [2.24, 2.45) is 0 Å². The Kier molecular flexibility index (Phi) is 6.98. The standard InChI is InChI=1S/C26H23ClN2O2S/c1-3-32-23-10-7-19(8-11-23)13-26(30)28-21-9-12-24(29-16-18(2)17-29)25(15-21)31-22-6-4-5-20(27)14-22/h4-12,14-17H,3,13H2,1-2H3/p+1. The van der Waals surface area contributed by atoms with E-state index in [1.165, 1.54) is 10.5 Å². The molecule has 0 aromatic heterocycles. The zero-order chi connectivity index (χ0) is 22.5. The third-order valence-corrected chi connectivity index (χ3v) is 5.96. The number of thioether (sulfide) groups is 1. The number of nitrogens with zero attached hydrogens (tertiary/aromatic N) is 1. The topological polar surface area (TPSA) is 41.3 Å². The zero-order valence-electron chi connectivity index (χ0n) is 18.0. The van der Waals surface area contributed by atoms with Gasteiger partial charge in [-0.25, -0.2) is 0 Å². The lowest BCUT2D eigenvalue weighted by Gasteiger charge is -2.13. The van der Waals surface area contributed by atoms with Gasteiger partial charge in [-0.1, -0.05) is 36.7 Å². The van der Waals surface area contributed by atoms with E-state index in [1.54, 1.807) is 23.9 Å². The molecule has 0 saturated carbocycles. The minimum atomic E-state index is -0.0754. The van der Waals surface area contributed by atoms with Crippen LogP contribution in [0.1, 0.15) is 19.4 Å². The van der Waals surface area contributed by atoms with Gasteiger partial charge in [0.1, 0.15) is 5.75 Å². The molecule has 1 aliphatic rings. The van der Waals surface area contributed by atoms with Gasteiger partial charge in [0.25, 0.3) is 5.69 Å². The second-order valence-corrected chi connectivity index (χ2v) is 9.23. The molecule has 0 fully saturated rings. The number of amides is 1. The molecule has 0 atom stereocenters. The molecular weight excluding hydrogens is 440 g/mol. The Bertz CT molecular complexity index is 1200. The molecule has 3 aromatic rings. The first-order chi connectivity index (χ1) is 15.5. The number of anilines is 1. The number of benzene rings is 3. The molecule has 4 rings (SSSR count). The van der Waals surface area contributed by atoms with Crippen LogP contribution in [-0.2, 0) is 11.2 Å². The molecule has 0 saturated heterocycles. The largest absolute Gasteiger partial charge is 0.450 e. The van der Waals surface area contributed by atoms with Crippen molar-refractivity contribution in [1.29, 1.82) is 0 Å². The summed E-state index contributed by atoms with van der Waals surface area (Å²) in [4.78, 5) is 13.8. The summed E-state index contributed by atoms with van der Waals surface area (Å²) in [5.74, 6) is 2.22.